The standard InChI is InChI=1S/C14H20BrN3O2/c1-2-16-10-11-9-12(15)3-4-13(11)20-8-7-18-6-5-17-14(18)19/h3-4,9,16H,2,5-8,10H2,1H3,(H,17,19). The molecule has 0 atom stereocenters. The summed E-state index contributed by atoms with van der Waals surface area (Å²) in [6, 6.07) is 5.98. The second-order valence-electron chi connectivity index (χ2n) is 4.60. The van der Waals surface area contributed by atoms with Gasteiger partial charge in [0.25, 0.3) is 0 Å². The first-order valence-corrected chi connectivity index (χ1v) is 7.64. The molecular weight excluding hydrogens is 322 g/mol. The highest BCUT2D eigenvalue weighted by Crippen LogP contribution is 2.23. The first kappa shape index (κ1) is 15.1. The molecule has 0 bridgehead atoms. The molecule has 1 aliphatic rings. The summed E-state index contributed by atoms with van der Waals surface area (Å²) in [5.41, 5.74) is 1.12. The van der Waals surface area contributed by atoms with Crippen LogP contribution in [0.5, 0.6) is 5.75 Å². The van der Waals surface area contributed by atoms with Crippen LogP contribution in [-0.2, 0) is 6.54 Å². The lowest BCUT2D eigenvalue weighted by Gasteiger charge is -2.16. The molecule has 1 fully saturated rings. The lowest BCUT2D eigenvalue weighted by molar-refractivity contribution is 0.202. The van der Waals surface area contributed by atoms with E-state index in [1.54, 1.807) is 4.90 Å². The van der Waals surface area contributed by atoms with Gasteiger partial charge in [0.2, 0.25) is 0 Å². The van der Waals surface area contributed by atoms with Crippen LogP contribution in [0.1, 0.15) is 12.5 Å². The van der Waals surface area contributed by atoms with Crippen molar-refractivity contribution in [3.8, 4) is 5.75 Å². The Labute approximate surface area is 127 Å². The van der Waals surface area contributed by atoms with Crippen molar-refractivity contribution < 1.29 is 9.53 Å². The van der Waals surface area contributed by atoms with Gasteiger partial charge < -0.3 is 20.3 Å². The highest BCUT2D eigenvalue weighted by molar-refractivity contribution is 9.10. The van der Waals surface area contributed by atoms with Gasteiger partial charge in [0.1, 0.15) is 12.4 Å². The minimum absolute atomic E-state index is 0.00252. The van der Waals surface area contributed by atoms with Gasteiger partial charge in [-0.25, -0.2) is 4.79 Å². The molecule has 110 valence electrons. The number of urea groups is 1. The average molecular weight is 342 g/mol. The molecule has 0 unspecified atom stereocenters. The Morgan fingerprint density at radius 2 is 2.35 bits per heavy atom. The summed E-state index contributed by atoms with van der Waals surface area (Å²) in [5.74, 6) is 0.869. The Kier molecular flexibility index (Phi) is 5.67. The molecule has 1 aromatic carbocycles. The smallest absolute Gasteiger partial charge is 0.317 e. The number of rotatable bonds is 7. The fraction of sp³-hybridized carbons (Fsp3) is 0.500. The van der Waals surface area contributed by atoms with Gasteiger partial charge in [0, 0.05) is 29.7 Å². The van der Waals surface area contributed by atoms with E-state index in [1.165, 1.54) is 0 Å². The predicted octanol–water partition coefficient (Wildman–Crippen LogP) is 1.96. The van der Waals surface area contributed by atoms with Crippen molar-refractivity contribution in [3.05, 3.63) is 28.2 Å². The summed E-state index contributed by atoms with van der Waals surface area (Å²) in [7, 11) is 0. The van der Waals surface area contributed by atoms with E-state index >= 15 is 0 Å². The van der Waals surface area contributed by atoms with E-state index < -0.39 is 0 Å². The molecule has 1 aliphatic heterocycles. The van der Waals surface area contributed by atoms with Gasteiger partial charge in [0.05, 0.1) is 6.54 Å². The van der Waals surface area contributed by atoms with E-state index in [9.17, 15) is 4.79 Å². The van der Waals surface area contributed by atoms with Crippen LogP contribution in [0.2, 0.25) is 0 Å². The van der Waals surface area contributed by atoms with Gasteiger partial charge in [-0.1, -0.05) is 22.9 Å². The molecule has 1 aromatic rings. The van der Waals surface area contributed by atoms with Gasteiger partial charge in [-0.2, -0.15) is 0 Å². The minimum Gasteiger partial charge on any atom is -0.491 e. The number of nitrogens with zero attached hydrogens (tertiary/aromatic N) is 1. The van der Waals surface area contributed by atoms with Crippen LogP contribution in [0.3, 0.4) is 0 Å². The van der Waals surface area contributed by atoms with Crippen molar-refractivity contribution in [2.75, 3.05) is 32.8 Å². The molecule has 5 nitrogen and oxygen atoms in total. The Bertz CT molecular complexity index is 468. The third kappa shape index (κ3) is 4.11. The summed E-state index contributed by atoms with van der Waals surface area (Å²) in [4.78, 5) is 13.2. The van der Waals surface area contributed by atoms with Crippen LogP contribution in [-0.4, -0.2) is 43.7 Å². The highest BCUT2D eigenvalue weighted by Gasteiger charge is 2.18. The third-order valence-corrected chi connectivity index (χ3v) is 3.65. The van der Waals surface area contributed by atoms with E-state index in [0.29, 0.717) is 13.2 Å². The van der Waals surface area contributed by atoms with Crippen LogP contribution < -0.4 is 15.4 Å². The van der Waals surface area contributed by atoms with Crippen LogP contribution in [0.15, 0.2) is 22.7 Å². The fourth-order valence-corrected chi connectivity index (χ4v) is 2.49. The molecule has 0 aromatic heterocycles. The van der Waals surface area contributed by atoms with Gasteiger partial charge >= 0.3 is 6.03 Å². The van der Waals surface area contributed by atoms with Crippen molar-refractivity contribution in [2.24, 2.45) is 0 Å². The lowest BCUT2D eigenvalue weighted by Crippen LogP contribution is -2.32. The fourth-order valence-electron chi connectivity index (χ4n) is 2.08. The quantitative estimate of drug-likeness (QED) is 0.797. The summed E-state index contributed by atoms with van der Waals surface area (Å²) in [6.45, 7) is 6.37. The number of hydrogen-bond donors (Lipinski definition) is 2. The number of carbonyl (C=O) groups is 1. The SMILES string of the molecule is CCNCc1cc(Br)ccc1OCCN1CCNC1=O. The first-order valence-electron chi connectivity index (χ1n) is 6.85. The van der Waals surface area contributed by atoms with Crippen molar-refractivity contribution in [1.82, 2.24) is 15.5 Å². The van der Waals surface area contributed by atoms with E-state index in [4.69, 9.17) is 4.74 Å². The maximum atomic E-state index is 11.4. The molecule has 0 spiro atoms. The molecule has 2 rings (SSSR count). The summed E-state index contributed by atoms with van der Waals surface area (Å²) in [5, 5.41) is 6.08. The predicted molar refractivity (Wildman–Crippen MR) is 82.0 cm³/mol. The normalized spacial score (nSPS) is 14.5. The maximum Gasteiger partial charge on any atom is 0.317 e. The van der Waals surface area contributed by atoms with E-state index in [1.807, 2.05) is 12.1 Å². The van der Waals surface area contributed by atoms with Gasteiger partial charge in [-0.15, -0.1) is 0 Å². The van der Waals surface area contributed by atoms with E-state index in [2.05, 4.69) is 39.6 Å². The van der Waals surface area contributed by atoms with Gasteiger partial charge in [-0.05, 0) is 24.7 Å². The minimum atomic E-state index is -0.00252. The molecule has 6 heteroatoms. The molecule has 0 saturated carbocycles. The first-order chi connectivity index (χ1) is 9.70. The maximum absolute atomic E-state index is 11.4. The number of ether oxygens (including phenoxy) is 1. The second-order valence-corrected chi connectivity index (χ2v) is 5.52. The number of hydrogen-bond acceptors (Lipinski definition) is 3. The van der Waals surface area contributed by atoms with Gasteiger partial charge in [-0.3, -0.25) is 0 Å². The Balaban J connectivity index is 1.89. The Morgan fingerprint density at radius 3 is 3.05 bits per heavy atom. The average Bonchev–Trinajstić information content (AvgIpc) is 2.84. The number of halogens is 1. The van der Waals surface area contributed by atoms with E-state index in [0.717, 1.165) is 42.0 Å². The Morgan fingerprint density at radius 1 is 1.50 bits per heavy atom. The molecule has 1 heterocycles. The molecule has 20 heavy (non-hydrogen) atoms. The van der Waals surface area contributed by atoms with Crippen LogP contribution in [0.25, 0.3) is 0 Å². The van der Waals surface area contributed by atoms with Crippen molar-refractivity contribution in [1.29, 1.82) is 0 Å². The molecule has 2 amide bonds. The summed E-state index contributed by atoms with van der Waals surface area (Å²) >= 11 is 3.47. The van der Waals surface area contributed by atoms with Crippen molar-refractivity contribution in [2.45, 2.75) is 13.5 Å². The zero-order valence-electron chi connectivity index (χ0n) is 11.6. The number of amides is 2. The van der Waals surface area contributed by atoms with Crippen LogP contribution in [0.4, 0.5) is 4.79 Å². The number of nitrogens with one attached hydrogen (secondary N) is 2. The van der Waals surface area contributed by atoms with E-state index in [-0.39, 0.29) is 6.03 Å². The number of benzene rings is 1. The molecular formula is C14H20BrN3O2. The third-order valence-electron chi connectivity index (χ3n) is 3.15. The topological polar surface area (TPSA) is 53.6 Å². The monoisotopic (exact) mass is 341 g/mol. The molecule has 0 radical (unpaired) electrons. The van der Waals surface area contributed by atoms with Crippen molar-refractivity contribution >= 4 is 22.0 Å². The largest absolute Gasteiger partial charge is 0.491 e. The van der Waals surface area contributed by atoms with Crippen molar-refractivity contribution in [3.63, 3.8) is 0 Å². The zero-order valence-corrected chi connectivity index (χ0v) is 13.2. The van der Waals surface area contributed by atoms with Crippen LogP contribution >= 0.6 is 15.9 Å². The molecule has 0 aliphatic carbocycles. The molecule has 2 N–H and O–H groups in total. The van der Waals surface area contributed by atoms with Crippen LogP contribution in [0, 0.1) is 0 Å². The highest BCUT2D eigenvalue weighted by atomic mass is 79.9. The second kappa shape index (κ2) is 7.50. The number of carbonyl (C=O) groups excluding carboxylic acids is 1. The lowest BCUT2D eigenvalue weighted by atomic mass is 10.2. The summed E-state index contributed by atoms with van der Waals surface area (Å²) < 4.78 is 6.86. The van der Waals surface area contributed by atoms with Gasteiger partial charge in [0.15, 0.2) is 0 Å². The zero-order chi connectivity index (χ0) is 14.4. The molecule has 1 saturated heterocycles. The summed E-state index contributed by atoms with van der Waals surface area (Å²) in [6.07, 6.45) is 0. The Hall–Kier alpha value is -1.27.